The molecule has 2 aromatic rings. The third-order valence-corrected chi connectivity index (χ3v) is 3.00. The van der Waals surface area contributed by atoms with Crippen molar-refractivity contribution in [1.82, 2.24) is 4.98 Å². The Bertz CT molecular complexity index is 708. The van der Waals surface area contributed by atoms with Crippen LogP contribution < -0.4 is 4.74 Å². The maximum absolute atomic E-state index is 8.93. The number of aromatic nitrogens is 1. The molecule has 0 fully saturated rings. The fourth-order valence-corrected chi connectivity index (χ4v) is 2.06. The molecule has 4 heteroatoms. The normalized spacial score (nSPS) is 9.85. The number of benzene rings is 1. The molecule has 0 spiro atoms. The molecule has 0 unspecified atom stereocenters. The number of hydrogen-bond acceptors (Lipinski definition) is 4. The van der Waals surface area contributed by atoms with Gasteiger partial charge < -0.3 is 4.74 Å². The predicted molar refractivity (Wildman–Crippen MR) is 74.7 cm³/mol. The summed E-state index contributed by atoms with van der Waals surface area (Å²) in [6.07, 6.45) is 3.31. The molecule has 0 saturated heterocycles. The van der Waals surface area contributed by atoms with Crippen molar-refractivity contribution in [1.29, 1.82) is 10.5 Å². The van der Waals surface area contributed by atoms with Crippen LogP contribution in [0.25, 0.3) is 11.1 Å². The Labute approximate surface area is 117 Å². The smallest absolute Gasteiger partial charge is 0.292 e. The predicted octanol–water partition coefficient (Wildman–Crippen LogP) is 3.60. The van der Waals surface area contributed by atoms with Crippen molar-refractivity contribution in [2.75, 3.05) is 0 Å². The number of nitrogens with zero attached hydrogens (tertiary/aromatic N) is 3. The van der Waals surface area contributed by atoms with Crippen molar-refractivity contribution in [2.24, 2.45) is 0 Å². The molecular weight excluding hydrogens is 250 g/mol. The maximum Gasteiger partial charge on any atom is 0.292 e. The molecule has 0 N–H and O–H groups in total. The van der Waals surface area contributed by atoms with E-state index in [1.54, 1.807) is 24.6 Å². The molecular formula is C16H13N3O. The Morgan fingerprint density at radius 2 is 2.00 bits per heavy atom. The Morgan fingerprint density at radius 1 is 1.20 bits per heavy atom. The van der Waals surface area contributed by atoms with Crippen molar-refractivity contribution >= 4 is 0 Å². The highest BCUT2D eigenvalue weighted by Crippen LogP contribution is 2.36. The zero-order valence-corrected chi connectivity index (χ0v) is 11.3. The average Bonchev–Trinajstić information content (AvgIpc) is 2.47. The van der Waals surface area contributed by atoms with E-state index in [-0.39, 0.29) is 5.92 Å². The Morgan fingerprint density at radius 3 is 2.65 bits per heavy atom. The third-order valence-electron chi connectivity index (χ3n) is 3.00. The van der Waals surface area contributed by atoms with Crippen LogP contribution in [0.5, 0.6) is 5.75 Å². The van der Waals surface area contributed by atoms with Gasteiger partial charge in [0.2, 0.25) is 0 Å². The van der Waals surface area contributed by atoms with E-state index in [2.05, 4.69) is 4.98 Å². The number of para-hydroxylation sites is 1. The van der Waals surface area contributed by atoms with E-state index in [1.165, 1.54) is 0 Å². The SMILES string of the molecule is CC(C)c1cccc(-c2ccnc(C#N)c2)c1OC#N. The standard InChI is InChI=1S/C16H13N3O/c1-11(2)14-4-3-5-15(16(14)20-10-18)12-6-7-19-13(8-12)9-17/h3-8,11H,1-2H3. The number of nitriles is 2. The molecule has 1 heterocycles. The van der Waals surface area contributed by atoms with Crippen LogP contribution in [0.1, 0.15) is 31.0 Å². The van der Waals surface area contributed by atoms with Gasteiger partial charge in [0.25, 0.3) is 6.26 Å². The Kier molecular flexibility index (Phi) is 3.98. The van der Waals surface area contributed by atoms with Crippen molar-refractivity contribution in [3.05, 3.63) is 47.8 Å². The van der Waals surface area contributed by atoms with Gasteiger partial charge in [-0.2, -0.15) is 5.26 Å². The summed E-state index contributed by atoms with van der Waals surface area (Å²) in [6.45, 7) is 4.08. The lowest BCUT2D eigenvalue weighted by Crippen LogP contribution is -1.96. The number of pyridine rings is 1. The van der Waals surface area contributed by atoms with Gasteiger partial charge in [0.1, 0.15) is 11.8 Å². The average molecular weight is 263 g/mol. The van der Waals surface area contributed by atoms with Crippen LogP contribution in [0.3, 0.4) is 0 Å². The minimum Gasteiger partial charge on any atom is -0.387 e. The molecule has 2 rings (SSSR count). The van der Waals surface area contributed by atoms with Gasteiger partial charge in [-0.3, -0.25) is 0 Å². The van der Waals surface area contributed by atoms with E-state index >= 15 is 0 Å². The number of ether oxygens (including phenoxy) is 1. The van der Waals surface area contributed by atoms with Crippen LogP contribution in [-0.2, 0) is 0 Å². The summed E-state index contributed by atoms with van der Waals surface area (Å²) < 4.78 is 5.16. The lowest BCUT2D eigenvalue weighted by molar-refractivity contribution is 0.498. The number of rotatable bonds is 3. The highest BCUT2D eigenvalue weighted by molar-refractivity contribution is 5.73. The molecule has 0 aliphatic heterocycles. The topological polar surface area (TPSA) is 69.7 Å². The second-order valence-electron chi connectivity index (χ2n) is 4.61. The first-order valence-electron chi connectivity index (χ1n) is 6.22. The van der Waals surface area contributed by atoms with E-state index in [9.17, 15) is 0 Å². The molecule has 1 aromatic heterocycles. The monoisotopic (exact) mass is 263 g/mol. The molecule has 20 heavy (non-hydrogen) atoms. The molecule has 98 valence electrons. The summed E-state index contributed by atoms with van der Waals surface area (Å²) in [5.41, 5.74) is 2.89. The zero-order valence-electron chi connectivity index (χ0n) is 11.3. The third kappa shape index (κ3) is 2.60. The summed E-state index contributed by atoms with van der Waals surface area (Å²) in [5, 5.41) is 17.8. The van der Waals surface area contributed by atoms with Crippen LogP contribution in [0, 0.1) is 22.8 Å². The van der Waals surface area contributed by atoms with Gasteiger partial charge in [0, 0.05) is 11.8 Å². The van der Waals surface area contributed by atoms with Crippen LogP contribution in [-0.4, -0.2) is 4.98 Å². The van der Waals surface area contributed by atoms with Gasteiger partial charge in [-0.25, -0.2) is 4.98 Å². The van der Waals surface area contributed by atoms with Crippen LogP contribution in [0.4, 0.5) is 0 Å². The largest absolute Gasteiger partial charge is 0.387 e. The van der Waals surface area contributed by atoms with Gasteiger partial charge in [-0.15, -0.1) is 5.26 Å². The quantitative estimate of drug-likeness (QED) is 0.793. The summed E-state index contributed by atoms with van der Waals surface area (Å²) in [4.78, 5) is 3.95. The lowest BCUT2D eigenvalue weighted by Gasteiger charge is -2.14. The van der Waals surface area contributed by atoms with Gasteiger partial charge in [-0.05, 0) is 29.2 Å². The molecule has 0 atom stereocenters. The highest BCUT2D eigenvalue weighted by Gasteiger charge is 2.14. The van der Waals surface area contributed by atoms with E-state index in [0.29, 0.717) is 11.4 Å². The molecule has 1 aromatic carbocycles. The molecule has 0 aliphatic carbocycles. The lowest BCUT2D eigenvalue weighted by atomic mass is 9.96. The van der Waals surface area contributed by atoms with Crippen molar-refractivity contribution in [3.8, 4) is 29.2 Å². The fourth-order valence-electron chi connectivity index (χ4n) is 2.06. The first-order chi connectivity index (χ1) is 9.67. The maximum atomic E-state index is 8.93. The van der Waals surface area contributed by atoms with Crippen LogP contribution >= 0.6 is 0 Å². The van der Waals surface area contributed by atoms with Crippen LogP contribution in [0.15, 0.2) is 36.5 Å². The molecule has 0 radical (unpaired) electrons. The number of hydrogen-bond donors (Lipinski definition) is 0. The Balaban J connectivity index is 2.64. The summed E-state index contributed by atoms with van der Waals surface area (Å²) in [5.74, 6) is 0.774. The van der Waals surface area contributed by atoms with Crippen molar-refractivity contribution in [2.45, 2.75) is 19.8 Å². The Hall–Kier alpha value is -2.85. The summed E-state index contributed by atoms with van der Waals surface area (Å²) in [6, 6.07) is 11.2. The molecule has 0 saturated carbocycles. The van der Waals surface area contributed by atoms with Gasteiger partial charge in [0.05, 0.1) is 0 Å². The first-order valence-corrected chi connectivity index (χ1v) is 6.22. The summed E-state index contributed by atoms with van der Waals surface area (Å²) in [7, 11) is 0. The van der Waals surface area contributed by atoms with Crippen molar-refractivity contribution < 1.29 is 4.74 Å². The summed E-state index contributed by atoms with van der Waals surface area (Å²) >= 11 is 0. The van der Waals surface area contributed by atoms with E-state index in [1.807, 2.05) is 38.1 Å². The second-order valence-corrected chi connectivity index (χ2v) is 4.61. The molecule has 0 amide bonds. The molecule has 4 nitrogen and oxygen atoms in total. The highest BCUT2D eigenvalue weighted by atomic mass is 16.5. The second kappa shape index (κ2) is 5.86. The zero-order chi connectivity index (χ0) is 14.5. The fraction of sp³-hybridized carbons (Fsp3) is 0.188. The van der Waals surface area contributed by atoms with Crippen LogP contribution in [0.2, 0.25) is 0 Å². The molecule has 0 aliphatic rings. The van der Waals surface area contributed by atoms with Gasteiger partial charge >= 0.3 is 0 Å². The minimum absolute atomic E-state index is 0.232. The first kappa shape index (κ1) is 13.6. The minimum atomic E-state index is 0.232. The van der Waals surface area contributed by atoms with E-state index < -0.39 is 0 Å². The van der Waals surface area contributed by atoms with E-state index in [4.69, 9.17) is 15.3 Å². The van der Waals surface area contributed by atoms with Crippen molar-refractivity contribution in [3.63, 3.8) is 0 Å². The van der Waals surface area contributed by atoms with Gasteiger partial charge in [0.15, 0.2) is 5.75 Å². The molecule has 0 bridgehead atoms. The van der Waals surface area contributed by atoms with Gasteiger partial charge in [-0.1, -0.05) is 32.0 Å². The van der Waals surface area contributed by atoms with E-state index in [0.717, 1.165) is 16.7 Å².